The number of carbonyl (C=O) groups is 1. The number of hydrogen-bond acceptors (Lipinski definition) is 3. The minimum atomic E-state index is -0.128. The lowest BCUT2D eigenvalue weighted by atomic mass is 9.89. The number of amides is 1. The van der Waals surface area contributed by atoms with Gasteiger partial charge in [0.25, 0.3) is 0 Å². The molecule has 0 saturated carbocycles. The first kappa shape index (κ1) is 21.4. The number of carbonyl (C=O) groups excluding carboxylic acids is 1. The first-order chi connectivity index (χ1) is 13.6. The number of rotatable bonds is 5. The van der Waals surface area contributed by atoms with E-state index >= 15 is 0 Å². The third-order valence-corrected chi connectivity index (χ3v) is 5.52. The zero-order valence-electron chi connectivity index (χ0n) is 16.2. The number of nitrogens with one attached hydrogen (secondary N) is 1. The van der Waals surface area contributed by atoms with Crippen molar-refractivity contribution in [2.45, 2.75) is 12.5 Å². The predicted molar refractivity (Wildman–Crippen MR) is 119 cm³/mol. The first-order valence-electron chi connectivity index (χ1n) is 9.42. The van der Waals surface area contributed by atoms with Gasteiger partial charge in [-0.05, 0) is 35.4 Å². The molecule has 0 bridgehead atoms. The Balaban J connectivity index is 0.00000240. The van der Waals surface area contributed by atoms with Crippen LogP contribution in [0.15, 0.2) is 67.0 Å². The summed E-state index contributed by atoms with van der Waals surface area (Å²) in [6.07, 6.45) is 3.87. The van der Waals surface area contributed by atoms with Crippen LogP contribution in [0.4, 0.5) is 5.69 Å². The van der Waals surface area contributed by atoms with Crippen LogP contribution in [-0.2, 0) is 18.4 Å². The molecule has 1 N–H and O–H groups in total. The molecule has 0 aliphatic carbocycles. The Bertz CT molecular complexity index is 943. The highest BCUT2D eigenvalue weighted by molar-refractivity contribution is 6.30. The van der Waals surface area contributed by atoms with Crippen molar-refractivity contribution in [3.05, 3.63) is 83.1 Å². The molecule has 2 aromatic carbocycles. The summed E-state index contributed by atoms with van der Waals surface area (Å²) >= 11 is 6.02. The SMILES string of the molecule is Cl.Cn1cc([C@H]2CNC[C@@H]2C(=O)N(Cc2ccc(Cl)cc2)c2ccccc2)cn1. The Morgan fingerprint density at radius 2 is 1.90 bits per heavy atom. The van der Waals surface area contributed by atoms with Gasteiger partial charge < -0.3 is 10.2 Å². The molecular formula is C22H24Cl2N4O. The van der Waals surface area contributed by atoms with Crippen molar-refractivity contribution in [2.24, 2.45) is 13.0 Å². The number of nitrogens with zero attached hydrogens (tertiary/aromatic N) is 3. The molecule has 5 nitrogen and oxygen atoms in total. The van der Waals surface area contributed by atoms with Crippen LogP contribution in [0.5, 0.6) is 0 Å². The molecule has 2 atom stereocenters. The quantitative estimate of drug-likeness (QED) is 0.664. The molecule has 2 heterocycles. The number of benzene rings is 2. The van der Waals surface area contributed by atoms with E-state index in [4.69, 9.17) is 11.6 Å². The smallest absolute Gasteiger partial charge is 0.232 e. The third-order valence-electron chi connectivity index (χ3n) is 5.27. The van der Waals surface area contributed by atoms with Crippen molar-refractivity contribution in [3.63, 3.8) is 0 Å². The van der Waals surface area contributed by atoms with E-state index in [1.54, 1.807) is 4.68 Å². The van der Waals surface area contributed by atoms with Gasteiger partial charge in [0, 0.05) is 43.0 Å². The maximum atomic E-state index is 13.6. The number of halogens is 2. The van der Waals surface area contributed by atoms with Gasteiger partial charge in [-0.2, -0.15) is 5.10 Å². The number of hydrogen-bond donors (Lipinski definition) is 1. The average Bonchev–Trinajstić information content (AvgIpc) is 3.36. The Morgan fingerprint density at radius 3 is 2.55 bits per heavy atom. The number of aryl methyl sites for hydroxylation is 1. The average molecular weight is 431 g/mol. The van der Waals surface area contributed by atoms with Crippen LogP contribution in [0.2, 0.25) is 5.02 Å². The predicted octanol–water partition coefficient (Wildman–Crippen LogP) is 4.03. The van der Waals surface area contributed by atoms with Crippen molar-refractivity contribution < 1.29 is 4.79 Å². The molecule has 1 aliphatic heterocycles. The highest BCUT2D eigenvalue weighted by Gasteiger charge is 2.37. The minimum absolute atomic E-state index is 0. The van der Waals surface area contributed by atoms with Crippen molar-refractivity contribution >= 4 is 35.6 Å². The lowest BCUT2D eigenvalue weighted by molar-refractivity contribution is -0.122. The van der Waals surface area contributed by atoms with E-state index in [-0.39, 0.29) is 30.2 Å². The van der Waals surface area contributed by atoms with E-state index in [0.717, 1.165) is 23.4 Å². The van der Waals surface area contributed by atoms with Crippen LogP contribution in [0, 0.1) is 5.92 Å². The van der Waals surface area contributed by atoms with Gasteiger partial charge in [0.2, 0.25) is 5.91 Å². The van der Waals surface area contributed by atoms with E-state index in [1.165, 1.54) is 0 Å². The maximum absolute atomic E-state index is 13.6. The zero-order valence-corrected chi connectivity index (χ0v) is 17.7. The number of anilines is 1. The zero-order chi connectivity index (χ0) is 19.5. The van der Waals surface area contributed by atoms with Gasteiger partial charge in [-0.15, -0.1) is 12.4 Å². The second-order valence-corrected chi connectivity index (χ2v) is 7.64. The van der Waals surface area contributed by atoms with Crippen molar-refractivity contribution in [2.75, 3.05) is 18.0 Å². The van der Waals surface area contributed by atoms with Gasteiger partial charge in [-0.25, -0.2) is 0 Å². The fourth-order valence-electron chi connectivity index (χ4n) is 3.80. The molecule has 3 aromatic rings. The Morgan fingerprint density at radius 1 is 1.17 bits per heavy atom. The number of para-hydroxylation sites is 1. The largest absolute Gasteiger partial charge is 0.315 e. The molecule has 1 saturated heterocycles. The molecule has 29 heavy (non-hydrogen) atoms. The fraction of sp³-hybridized carbons (Fsp3) is 0.273. The summed E-state index contributed by atoms with van der Waals surface area (Å²) < 4.78 is 1.79. The topological polar surface area (TPSA) is 50.2 Å². The third kappa shape index (κ3) is 4.81. The van der Waals surface area contributed by atoms with Gasteiger partial charge in [0.1, 0.15) is 0 Å². The van der Waals surface area contributed by atoms with E-state index in [9.17, 15) is 4.79 Å². The Kier molecular flexibility index (Phi) is 6.96. The Labute approximate surface area is 182 Å². The lowest BCUT2D eigenvalue weighted by Crippen LogP contribution is -2.38. The summed E-state index contributed by atoms with van der Waals surface area (Å²) in [5.74, 6) is 0.120. The summed E-state index contributed by atoms with van der Waals surface area (Å²) in [5, 5.41) is 8.36. The van der Waals surface area contributed by atoms with Gasteiger partial charge in [0.15, 0.2) is 0 Å². The van der Waals surface area contributed by atoms with Crippen molar-refractivity contribution in [3.8, 4) is 0 Å². The minimum Gasteiger partial charge on any atom is -0.315 e. The second-order valence-electron chi connectivity index (χ2n) is 7.20. The lowest BCUT2D eigenvalue weighted by Gasteiger charge is -2.28. The van der Waals surface area contributed by atoms with Crippen LogP contribution >= 0.6 is 24.0 Å². The molecule has 7 heteroatoms. The molecule has 4 rings (SSSR count). The monoisotopic (exact) mass is 430 g/mol. The van der Waals surface area contributed by atoms with Crippen molar-refractivity contribution in [1.29, 1.82) is 0 Å². The van der Waals surface area contributed by atoms with E-state index in [0.29, 0.717) is 18.1 Å². The number of aromatic nitrogens is 2. The highest BCUT2D eigenvalue weighted by Crippen LogP contribution is 2.31. The Hall–Kier alpha value is -2.34. The molecule has 0 unspecified atom stereocenters. The van der Waals surface area contributed by atoms with E-state index in [2.05, 4.69) is 10.4 Å². The molecule has 1 fully saturated rings. The molecule has 1 aromatic heterocycles. The first-order valence-corrected chi connectivity index (χ1v) is 9.80. The van der Waals surface area contributed by atoms with Crippen LogP contribution in [0.3, 0.4) is 0 Å². The molecule has 152 valence electrons. The molecular weight excluding hydrogens is 407 g/mol. The van der Waals surface area contributed by atoms with Gasteiger partial charge >= 0.3 is 0 Å². The van der Waals surface area contributed by atoms with E-state index in [1.807, 2.05) is 78.9 Å². The fourth-order valence-corrected chi connectivity index (χ4v) is 3.92. The summed E-state index contributed by atoms with van der Waals surface area (Å²) in [5.41, 5.74) is 3.05. The summed E-state index contributed by atoms with van der Waals surface area (Å²) in [4.78, 5) is 15.5. The molecule has 1 aliphatic rings. The maximum Gasteiger partial charge on any atom is 0.232 e. The standard InChI is InChI=1S/C22H23ClN4O.ClH/c1-26-15-17(11-25-26)20-12-24-13-21(20)22(28)27(19-5-3-2-4-6-19)14-16-7-9-18(23)10-8-16;/h2-11,15,20-21,24H,12-14H2,1H3;1H/t20-,21+;/m1./s1. The van der Waals surface area contributed by atoms with Crippen LogP contribution in [0.25, 0.3) is 0 Å². The van der Waals surface area contributed by atoms with Gasteiger partial charge in [-0.1, -0.05) is 41.9 Å². The summed E-state index contributed by atoms with van der Waals surface area (Å²) in [7, 11) is 1.90. The molecule has 1 amide bonds. The van der Waals surface area contributed by atoms with Gasteiger partial charge in [0.05, 0.1) is 18.7 Å². The normalized spacial score (nSPS) is 18.3. The van der Waals surface area contributed by atoms with Crippen molar-refractivity contribution in [1.82, 2.24) is 15.1 Å². The van der Waals surface area contributed by atoms with Gasteiger partial charge in [-0.3, -0.25) is 9.48 Å². The van der Waals surface area contributed by atoms with E-state index < -0.39 is 0 Å². The van der Waals surface area contributed by atoms with Crippen LogP contribution < -0.4 is 10.2 Å². The molecule has 0 spiro atoms. The van der Waals surface area contributed by atoms with Crippen LogP contribution in [-0.4, -0.2) is 28.8 Å². The second kappa shape index (κ2) is 9.44. The molecule has 0 radical (unpaired) electrons. The highest BCUT2D eigenvalue weighted by atomic mass is 35.5. The summed E-state index contributed by atoms with van der Waals surface area (Å²) in [6, 6.07) is 17.5. The summed E-state index contributed by atoms with van der Waals surface area (Å²) in [6.45, 7) is 1.96. The van der Waals surface area contributed by atoms with Crippen LogP contribution in [0.1, 0.15) is 17.0 Å².